The highest BCUT2D eigenvalue weighted by molar-refractivity contribution is 7.10. The van der Waals surface area contributed by atoms with Gasteiger partial charge in [0.15, 0.2) is 0 Å². The van der Waals surface area contributed by atoms with Gasteiger partial charge in [0, 0.05) is 23.5 Å². The molecule has 6 nitrogen and oxygen atoms in total. The molecule has 7 heteroatoms. The lowest BCUT2D eigenvalue weighted by molar-refractivity contribution is -0.140. The topological polar surface area (TPSA) is 70.1 Å². The van der Waals surface area contributed by atoms with Gasteiger partial charge < -0.3 is 19.6 Å². The first kappa shape index (κ1) is 21.1. The number of carbonyl (C=O) groups excluding carboxylic acids is 2. The Kier molecular flexibility index (Phi) is 6.71. The number of likely N-dealkylation sites (tertiary alicyclic amines) is 1. The molecule has 0 spiro atoms. The number of thiophene rings is 1. The zero-order chi connectivity index (χ0) is 21.0. The first-order chi connectivity index (χ1) is 14.0. The molecular weight excluding hydrogens is 388 g/mol. The summed E-state index contributed by atoms with van der Waals surface area (Å²) in [5.41, 5.74) is 0.581. The van der Waals surface area contributed by atoms with Crippen molar-refractivity contribution in [2.75, 3.05) is 33.3 Å². The quantitative estimate of drug-likeness (QED) is 0.407. The fourth-order valence-electron chi connectivity index (χ4n) is 3.57. The van der Waals surface area contributed by atoms with E-state index in [4.69, 9.17) is 4.74 Å². The molecule has 1 N–H and O–H groups in total. The Bertz CT molecular complexity index is 903. The van der Waals surface area contributed by atoms with Crippen molar-refractivity contribution in [2.45, 2.75) is 19.9 Å². The van der Waals surface area contributed by atoms with Crippen LogP contribution in [0, 0.1) is 0 Å². The van der Waals surface area contributed by atoms with E-state index in [-0.39, 0.29) is 11.3 Å². The molecule has 0 radical (unpaired) electrons. The maximum absolute atomic E-state index is 12.9. The summed E-state index contributed by atoms with van der Waals surface area (Å²) in [6.07, 6.45) is 0. The van der Waals surface area contributed by atoms with Gasteiger partial charge in [0.2, 0.25) is 0 Å². The van der Waals surface area contributed by atoms with Gasteiger partial charge in [-0.15, -0.1) is 11.3 Å². The monoisotopic (exact) mass is 414 g/mol. The van der Waals surface area contributed by atoms with E-state index < -0.39 is 17.7 Å². The number of ketones is 1. The van der Waals surface area contributed by atoms with E-state index in [0.717, 1.165) is 18.0 Å². The summed E-state index contributed by atoms with van der Waals surface area (Å²) < 4.78 is 5.23. The van der Waals surface area contributed by atoms with Crippen molar-refractivity contribution >= 4 is 28.8 Å². The first-order valence-corrected chi connectivity index (χ1v) is 10.6. The molecule has 1 fully saturated rings. The zero-order valence-corrected chi connectivity index (χ0v) is 17.7. The van der Waals surface area contributed by atoms with Crippen molar-refractivity contribution in [3.05, 3.63) is 57.8 Å². The molecule has 1 aliphatic rings. The van der Waals surface area contributed by atoms with Crippen LogP contribution in [0.4, 0.5) is 0 Å². The number of nitrogens with zero attached hydrogens (tertiary/aromatic N) is 2. The summed E-state index contributed by atoms with van der Waals surface area (Å²) in [6, 6.07) is 10.1. The number of carbonyl (C=O) groups is 2. The third-order valence-electron chi connectivity index (χ3n) is 5.25. The van der Waals surface area contributed by atoms with Gasteiger partial charge in [0.05, 0.1) is 18.7 Å². The van der Waals surface area contributed by atoms with Crippen LogP contribution in [-0.2, 0) is 9.59 Å². The number of aliphatic hydroxyl groups excluding tert-OH is 1. The highest BCUT2D eigenvalue weighted by Crippen LogP contribution is 2.41. The molecule has 1 aliphatic heterocycles. The summed E-state index contributed by atoms with van der Waals surface area (Å²) in [7, 11) is 1.54. The van der Waals surface area contributed by atoms with Crippen LogP contribution >= 0.6 is 11.3 Å². The molecule has 0 unspecified atom stereocenters. The summed E-state index contributed by atoms with van der Waals surface area (Å²) >= 11 is 1.47. The minimum Gasteiger partial charge on any atom is -0.507 e. The minimum absolute atomic E-state index is 0.130. The molecule has 1 atom stereocenters. The lowest BCUT2D eigenvalue weighted by Crippen LogP contribution is -2.37. The number of likely N-dealkylation sites (N-methyl/N-ethyl adjacent to an activating group) is 1. The van der Waals surface area contributed by atoms with Crippen LogP contribution in [-0.4, -0.2) is 59.9 Å². The highest BCUT2D eigenvalue weighted by Gasteiger charge is 2.46. The third-order valence-corrected chi connectivity index (χ3v) is 6.17. The van der Waals surface area contributed by atoms with E-state index in [9.17, 15) is 14.7 Å². The van der Waals surface area contributed by atoms with Crippen molar-refractivity contribution in [1.29, 1.82) is 0 Å². The van der Waals surface area contributed by atoms with E-state index in [0.29, 0.717) is 24.4 Å². The largest absolute Gasteiger partial charge is 0.507 e. The maximum atomic E-state index is 12.9. The number of hydrogen-bond acceptors (Lipinski definition) is 6. The second-order valence-corrected chi connectivity index (χ2v) is 7.75. The SMILES string of the molecule is CCN(CC)CCN1C(=O)C(=O)/C(=C(/O)c2cccc(OC)c2)[C@H]1c1cccs1. The van der Waals surface area contributed by atoms with Crippen LogP contribution in [0.15, 0.2) is 47.4 Å². The Hall–Kier alpha value is -2.64. The van der Waals surface area contributed by atoms with Crippen LogP contribution < -0.4 is 4.74 Å². The molecule has 1 amide bonds. The van der Waals surface area contributed by atoms with Crippen molar-refractivity contribution in [3.63, 3.8) is 0 Å². The Balaban J connectivity index is 2.05. The second-order valence-electron chi connectivity index (χ2n) is 6.77. The molecule has 1 aromatic heterocycles. The van der Waals surface area contributed by atoms with Crippen molar-refractivity contribution in [3.8, 4) is 5.75 Å². The van der Waals surface area contributed by atoms with Gasteiger partial charge in [0.25, 0.3) is 11.7 Å². The minimum atomic E-state index is -0.650. The molecule has 0 aliphatic carbocycles. The molecule has 2 aromatic rings. The molecule has 1 aromatic carbocycles. The smallest absolute Gasteiger partial charge is 0.295 e. The number of ether oxygens (including phenoxy) is 1. The number of rotatable bonds is 8. The Labute approximate surface area is 175 Å². The zero-order valence-electron chi connectivity index (χ0n) is 16.9. The molecule has 1 saturated heterocycles. The number of methoxy groups -OCH3 is 1. The first-order valence-electron chi connectivity index (χ1n) is 9.70. The van der Waals surface area contributed by atoms with Crippen LogP contribution in [0.3, 0.4) is 0 Å². The van der Waals surface area contributed by atoms with E-state index in [1.54, 1.807) is 29.2 Å². The Morgan fingerprint density at radius 2 is 1.97 bits per heavy atom. The molecule has 29 heavy (non-hydrogen) atoms. The Morgan fingerprint density at radius 3 is 2.59 bits per heavy atom. The summed E-state index contributed by atoms with van der Waals surface area (Å²) in [4.78, 5) is 30.4. The summed E-state index contributed by atoms with van der Waals surface area (Å²) in [6.45, 7) is 6.96. The van der Waals surface area contributed by atoms with Crippen molar-refractivity contribution < 1.29 is 19.4 Å². The highest BCUT2D eigenvalue weighted by atomic mass is 32.1. The summed E-state index contributed by atoms with van der Waals surface area (Å²) in [5.74, 6) is -0.827. The van der Waals surface area contributed by atoms with Crippen molar-refractivity contribution in [2.24, 2.45) is 0 Å². The third kappa shape index (κ3) is 4.21. The molecule has 0 saturated carbocycles. The average molecular weight is 415 g/mol. The van der Waals surface area contributed by atoms with Gasteiger partial charge in [-0.05, 0) is 36.7 Å². The van der Waals surface area contributed by atoms with Crippen LogP contribution in [0.5, 0.6) is 5.75 Å². The van der Waals surface area contributed by atoms with E-state index in [1.807, 2.05) is 17.5 Å². The van der Waals surface area contributed by atoms with Gasteiger partial charge in [-0.25, -0.2) is 0 Å². The van der Waals surface area contributed by atoms with Gasteiger partial charge >= 0.3 is 0 Å². The van der Waals surface area contributed by atoms with Crippen molar-refractivity contribution in [1.82, 2.24) is 9.80 Å². The molecule has 154 valence electrons. The van der Waals surface area contributed by atoms with E-state index in [1.165, 1.54) is 18.4 Å². The van der Waals surface area contributed by atoms with Gasteiger partial charge in [-0.2, -0.15) is 0 Å². The standard InChI is InChI=1S/C22H26N2O4S/c1-4-23(5-2)11-12-24-19(17-10-7-13-29-17)18(21(26)22(24)27)20(25)15-8-6-9-16(14-15)28-3/h6-10,13-14,19,25H,4-5,11-12H2,1-3H3/b20-18+/t19-/m1/s1. The fraction of sp³-hybridized carbons (Fsp3) is 0.364. The Morgan fingerprint density at radius 1 is 1.21 bits per heavy atom. The van der Waals surface area contributed by atoms with E-state index >= 15 is 0 Å². The summed E-state index contributed by atoms with van der Waals surface area (Å²) in [5, 5.41) is 12.9. The second kappa shape index (κ2) is 9.24. The van der Waals surface area contributed by atoms with Crippen LogP contribution in [0.1, 0.15) is 30.3 Å². The fourth-order valence-corrected chi connectivity index (χ4v) is 4.41. The van der Waals surface area contributed by atoms with Crippen LogP contribution in [0.2, 0.25) is 0 Å². The lowest BCUT2D eigenvalue weighted by atomic mass is 10.00. The average Bonchev–Trinajstić information content (AvgIpc) is 3.36. The van der Waals surface area contributed by atoms with E-state index in [2.05, 4.69) is 18.7 Å². The molecule has 2 heterocycles. The number of Topliss-reactive ketones (excluding diaryl/α,β-unsaturated/α-hetero) is 1. The number of benzene rings is 1. The van der Waals surface area contributed by atoms with Gasteiger partial charge in [0.1, 0.15) is 11.5 Å². The maximum Gasteiger partial charge on any atom is 0.295 e. The predicted octanol–water partition coefficient (Wildman–Crippen LogP) is 3.52. The molecule has 3 rings (SSSR count). The molecule has 0 bridgehead atoms. The number of amides is 1. The van der Waals surface area contributed by atoms with Gasteiger partial charge in [-0.3, -0.25) is 9.59 Å². The lowest BCUT2D eigenvalue weighted by Gasteiger charge is -2.27. The normalized spacial score (nSPS) is 18.6. The predicted molar refractivity (Wildman–Crippen MR) is 114 cm³/mol. The number of aliphatic hydroxyl groups is 1. The van der Waals surface area contributed by atoms with Crippen LogP contribution in [0.25, 0.3) is 5.76 Å². The number of hydrogen-bond donors (Lipinski definition) is 1. The van der Waals surface area contributed by atoms with Gasteiger partial charge in [-0.1, -0.05) is 32.0 Å². The molecular formula is C22H26N2O4S.